The maximum absolute atomic E-state index is 11.2. The first-order chi connectivity index (χ1) is 4.99. The number of urea groups is 1. The summed E-state index contributed by atoms with van der Waals surface area (Å²) in [5, 5.41) is 2.51. The van der Waals surface area contributed by atoms with Crippen molar-refractivity contribution in [3.63, 3.8) is 0 Å². The monoisotopic (exact) mass is 154 g/mol. The molecule has 1 rings (SSSR count). The van der Waals surface area contributed by atoms with E-state index in [-0.39, 0.29) is 5.91 Å². The summed E-state index contributed by atoms with van der Waals surface area (Å²) in [5.74, 6) is -0.266. The highest BCUT2D eigenvalue weighted by Crippen LogP contribution is 2.15. The summed E-state index contributed by atoms with van der Waals surface area (Å²) in [6, 6.07) is -0.407. The molecule has 0 aromatic heterocycles. The van der Waals surface area contributed by atoms with E-state index in [1.165, 1.54) is 6.20 Å². The fourth-order valence-electron chi connectivity index (χ4n) is 0.940. The van der Waals surface area contributed by atoms with Crippen molar-refractivity contribution >= 4 is 11.9 Å². The molecule has 0 radical (unpaired) electrons. The van der Waals surface area contributed by atoms with E-state index in [0.29, 0.717) is 0 Å². The molecule has 3 amide bonds. The molecule has 0 saturated carbocycles. The van der Waals surface area contributed by atoms with E-state index in [9.17, 15) is 9.59 Å². The Bertz CT molecular complexity index is 233. The zero-order chi connectivity index (χ0) is 8.65. The Labute approximate surface area is 64.9 Å². The third-order valence-electron chi connectivity index (χ3n) is 1.57. The lowest BCUT2D eigenvalue weighted by Crippen LogP contribution is -2.39. The van der Waals surface area contributed by atoms with Gasteiger partial charge < -0.3 is 5.32 Å². The van der Waals surface area contributed by atoms with Crippen LogP contribution >= 0.6 is 0 Å². The maximum atomic E-state index is 11.2. The Hall–Kier alpha value is -1.32. The van der Waals surface area contributed by atoms with Crippen LogP contribution in [0.2, 0.25) is 0 Å². The topological polar surface area (TPSA) is 49.4 Å². The first-order valence-corrected chi connectivity index (χ1v) is 3.27. The van der Waals surface area contributed by atoms with Crippen LogP contribution in [0.15, 0.2) is 12.8 Å². The third kappa shape index (κ3) is 1.00. The normalized spacial score (nSPS) is 21.8. The number of imide groups is 1. The van der Waals surface area contributed by atoms with E-state index in [4.69, 9.17) is 0 Å². The van der Waals surface area contributed by atoms with Gasteiger partial charge >= 0.3 is 6.03 Å². The van der Waals surface area contributed by atoms with E-state index in [2.05, 4.69) is 11.9 Å². The van der Waals surface area contributed by atoms with Crippen LogP contribution < -0.4 is 5.32 Å². The molecule has 0 bridgehead atoms. The lowest BCUT2D eigenvalue weighted by molar-refractivity contribution is -0.128. The van der Waals surface area contributed by atoms with Crippen molar-refractivity contribution in [3.8, 4) is 0 Å². The van der Waals surface area contributed by atoms with Gasteiger partial charge in [0.2, 0.25) is 0 Å². The minimum atomic E-state index is -0.786. The van der Waals surface area contributed by atoms with Crippen LogP contribution in [-0.2, 0) is 4.79 Å². The summed E-state index contributed by atoms with van der Waals surface area (Å²) >= 11 is 0. The van der Waals surface area contributed by atoms with Gasteiger partial charge in [-0.25, -0.2) is 9.69 Å². The summed E-state index contributed by atoms with van der Waals surface area (Å²) in [4.78, 5) is 23.2. The summed E-state index contributed by atoms with van der Waals surface area (Å²) in [6.45, 7) is 6.65. The smallest absolute Gasteiger partial charge is 0.323 e. The molecule has 11 heavy (non-hydrogen) atoms. The van der Waals surface area contributed by atoms with Gasteiger partial charge in [0.1, 0.15) is 5.54 Å². The van der Waals surface area contributed by atoms with Crippen molar-refractivity contribution in [1.82, 2.24) is 10.2 Å². The molecule has 1 saturated heterocycles. The van der Waals surface area contributed by atoms with Crippen LogP contribution in [0.4, 0.5) is 4.79 Å². The SMILES string of the molecule is C=CN1C(=O)NC(C)(C)C1=O. The van der Waals surface area contributed by atoms with E-state index in [1.807, 2.05) is 0 Å². The van der Waals surface area contributed by atoms with Gasteiger partial charge in [0.25, 0.3) is 5.91 Å². The van der Waals surface area contributed by atoms with Crippen molar-refractivity contribution in [2.45, 2.75) is 19.4 Å². The number of rotatable bonds is 1. The molecule has 1 aliphatic heterocycles. The van der Waals surface area contributed by atoms with Crippen LogP contribution in [-0.4, -0.2) is 22.4 Å². The van der Waals surface area contributed by atoms with Gasteiger partial charge in [-0.15, -0.1) is 0 Å². The molecule has 1 fully saturated rings. The van der Waals surface area contributed by atoms with Gasteiger partial charge in [-0.3, -0.25) is 4.79 Å². The van der Waals surface area contributed by atoms with Gasteiger partial charge in [-0.1, -0.05) is 6.58 Å². The largest absolute Gasteiger partial charge is 0.329 e. The van der Waals surface area contributed by atoms with Crippen molar-refractivity contribution in [3.05, 3.63) is 12.8 Å². The molecule has 1 aliphatic rings. The maximum Gasteiger partial charge on any atom is 0.329 e. The second-order valence-corrected chi connectivity index (χ2v) is 2.91. The van der Waals surface area contributed by atoms with Crippen molar-refractivity contribution in [2.75, 3.05) is 0 Å². The Morgan fingerprint density at radius 1 is 1.55 bits per heavy atom. The van der Waals surface area contributed by atoms with Gasteiger partial charge in [0.15, 0.2) is 0 Å². The van der Waals surface area contributed by atoms with Crippen LogP contribution in [0.3, 0.4) is 0 Å². The molecule has 0 spiro atoms. The lowest BCUT2D eigenvalue weighted by Gasteiger charge is -2.12. The summed E-state index contributed by atoms with van der Waals surface area (Å²) in [6.07, 6.45) is 1.21. The molecular formula is C7H10N2O2. The predicted octanol–water partition coefficient (Wildman–Crippen LogP) is 0.460. The molecule has 4 nitrogen and oxygen atoms in total. The quantitative estimate of drug-likeness (QED) is 0.558. The number of hydrogen-bond acceptors (Lipinski definition) is 2. The van der Waals surface area contributed by atoms with Crippen LogP contribution in [0.25, 0.3) is 0 Å². The summed E-state index contributed by atoms with van der Waals surface area (Å²) in [5.41, 5.74) is -0.786. The minimum Gasteiger partial charge on any atom is -0.323 e. The summed E-state index contributed by atoms with van der Waals surface area (Å²) < 4.78 is 0. The zero-order valence-corrected chi connectivity index (χ0v) is 6.55. The molecule has 1 N–H and O–H groups in total. The number of carbonyl (C=O) groups is 2. The molecule has 1 heterocycles. The Morgan fingerprint density at radius 2 is 2.09 bits per heavy atom. The van der Waals surface area contributed by atoms with Gasteiger partial charge in [-0.05, 0) is 13.8 Å². The molecule has 0 aromatic carbocycles. The number of nitrogens with zero attached hydrogens (tertiary/aromatic N) is 1. The van der Waals surface area contributed by atoms with E-state index < -0.39 is 11.6 Å². The third-order valence-corrected chi connectivity index (χ3v) is 1.57. The highest BCUT2D eigenvalue weighted by molar-refractivity contribution is 6.07. The molecule has 0 aliphatic carbocycles. The Morgan fingerprint density at radius 3 is 2.27 bits per heavy atom. The van der Waals surface area contributed by atoms with Crippen molar-refractivity contribution < 1.29 is 9.59 Å². The van der Waals surface area contributed by atoms with Gasteiger partial charge in [0.05, 0.1) is 0 Å². The second-order valence-electron chi connectivity index (χ2n) is 2.91. The van der Waals surface area contributed by atoms with E-state index >= 15 is 0 Å². The molecule has 4 heteroatoms. The number of hydrogen-bond donors (Lipinski definition) is 1. The highest BCUT2D eigenvalue weighted by Gasteiger charge is 2.42. The van der Waals surface area contributed by atoms with Crippen LogP contribution in [0, 0.1) is 0 Å². The van der Waals surface area contributed by atoms with E-state index in [1.54, 1.807) is 13.8 Å². The van der Waals surface area contributed by atoms with Gasteiger partial charge in [-0.2, -0.15) is 0 Å². The minimum absolute atomic E-state index is 0.266. The predicted molar refractivity (Wildman–Crippen MR) is 39.7 cm³/mol. The molecular weight excluding hydrogens is 144 g/mol. The fraction of sp³-hybridized carbons (Fsp3) is 0.429. The average Bonchev–Trinajstić information content (AvgIpc) is 2.04. The lowest BCUT2D eigenvalue weighted by atomic mass is 10.1. The van der Waals surface area contributed by atoms with Crippen LogP contribution in [0.1, 0.15) is 13.8 Å². The first kappa shape index (κ1) is 7.78. The average molecular weight is 154 g/mol. The number of amides is 3. The molecule has 0 unspecified atom stereocenters. The second kappa shape index (κ2) is 2.08. The molecule has 0 aromatic rings. The fourth-order valence-corrected chi connectivity index (χ4v) is 0.940. The first-order valence-electron chi connectivity index (χ1n) is 3.27. The van der Waals surface area contributed by atoms with Crippen molar-refractivity contribution in [2.24, 2.45) is 0 Å². The number of nitrogens with one attached hydrogen (secondary N) is 1. The molecule has 60 valence electrons. The standard InChI is InChI=1S/C7H10N2O2/c1-4-9-5(10)7(2,3)8-6(9)11/h4H,1H2,2-3H3,(H,8,11). The highest BCUT2D eigenvalue weighted by atomic mass is 16.2. The zero-order valence-electron chi connectivity index (χ0n) is 6.55. The Kier molecular flexibility index (Phi) is 1.47. The van der Waals surface area contributed by atoms with E-state index in [0.717, 1.165) is 4.90 Å². The van der Waals surface area contributed by atoms with Crippen LogP contribution in [0.5, 0.6) is 0 Å². The van der Waals surface area contributed by atoms with Crippen molar-refractivity contribution in [1.29, 1.82) is 0 Å². The molecule has 0 atom stereocenters. The number of carbonyl (C=O) groups excluding carboxylic acids is 2. The summed E-state index contributed by atoms with van der Waals surface area (Å²) in [7, 11) is 0. The van der Waals surface area contributed by atoms with Gasteiger partial charge in [0, 0.05) is 6.20 Å². The Balaban J connectivity index is 2.97.